The quantitative estimate of drug-likeness (QED) is 0.663. The maximum absolute atomic E-state index is 10.5. The third-order valence-corrected chi connectivity index (χ3v) is 4.22. The van der Waals surface area contributed by atoms with E-state index in [4.69, 9.17) is 0 Å². The lowest BCUT2D eigenvalue weighted by Crippen LogP contribution is -2.29. The Kier molecular flexibility index (Phi) is 3.33. The smallest absolute Gasteiger partial charge is 0.345 e. The Morgan fingerprint density at radius 1 is 1.53 bits per heavy atom. The summed E-state index contributed by atoms with van der Waals surface area (Å²) in [7, 11) is 0. The van der Waals surface area contributed by atoms with Crippen molar-refractivity contribution in [3.63, 3.8) is 0 Å². The average Bonchev–Trinajstić information content (AvgIpc) is 2.70. The number of nitrogens with one attached hydrogen (secondary N) is 1. The lowest BCUT2D eigenvalue weighted by atomic mass is 9.76. The van der Waals surface area contributed by atoms with Crippen LogP contribution in [0.25, 0.3) is 0 Å². The Morgan fingerprint density at radius 2 is 2.18 bits per heavy atom. The number of hydrogen-bond donors (Lipinski definition) is 1. The molecule has 0 aliphatic heterocycles. The lowest BCUT2D eigenvalue weighted by Gasteiger charge is -2.34. The van der Waals surface area contributed by atoms with Crippen molar-refractivity contribution in [1.29, 1.82) is 0 Å². The fraction of sp³-hybridized carbons (Fsp3) is 0.727. The van der Waals surface area contributed by atoms with Gasteiger partial charge in [0.05, 0.1) is 4.92 Å². The Morgan fingerprint density at radius 3 is 2.71 bits per heavy atom. The van der Waals surface area contributed by atoms with E-state index in [9.17, 15) is 10.1 Å². The minimum Gasteiger partial charge on any atom is -0.359 e. The van der Waals surface area contributed by atoms with Crippen LogP contribution in [0.1, 0.15) is 39.5 Å². The van der Waals surface area contributed by atoms with E-state index in [2.05, 4.69) is 24.1 Å². The maximum atomic E-state index is 10.5. The molecule has 5 nitrogen and oxygen atoms in total. The molecule has 1 aliphatic rings. The van der Waals surface area contributed by atoms with E-state index in [1.807, 2.05) is 0 Å². The van der Waals surface area contributed by atoms with Gasteiger partial charge in [0.25, 0.3) is 0 Å². The summed E-state index contributed by atoms with van der Waals surface area (Å²) in [6, 6.07) is 0.411. The number of nitrogens with zero attached hydrogens (tertiary/aromatic N) is 2. The molecule has 17 heavy (non-hydrogen) atoms. The van der Waals surface area contributed by atoms with Crippen LogP contribution in [0, 0.1) is 15.5 Å². The number of aromatic nitrogens is 1. The molecular formula is C11H17N3O2S. The van der Waals surface area contributed by atoms with Gasteiger partial charge in [-0.25, -0.2) is 4.98 Å². The number of nitro groups is 1. The first-order valence-corrected chi connectivity index (χ1v) is 6.65. The molecule has 1 N–H and O–H groups in total. The van der Waals surface area contributed by atoms with Gasteiger partial charge < -0.3 is 5.32 Å². The highest BCUT2D eigenvalue weighted by Gasteiger charge is 2.27. The molecule has 1 aliphatic carbocycles. The molecule has 1 heterocycles. The van der Waals surface area contributed by atoms with Crippen molar-refractivity contribution >= 4 is 21.5 Å². The Bertz CT molecular complexity index is 407. The second-order valence-electron chi connectivity index (χ2n) is 5.34. The van der Waals surface area contributed by atoms with Gasteiger partial charge in [-0.3, -0.25) is 10.1 Å². The molecule has 0 saturated heterocycles. The third-order valence-electron chi connectivity index (χ3n) is 3.34. The van der Waals surface area contributed by atoms with E-state index in [0.29, 0.717) is 16.6 Å². The van der Waals surface area contributed by atoms with Crippen molar-refractivity contribution in [2.45, 2.75) is 45.6 Å². The highest BCUT2D eigenvalue weighted by molar-refractivity contribution is 7.18. The Balaban J connectivity index is 1.91. The monoisotopic (exact) mass is 255 g/mol. The molecule has 1 aromatic heterocycles. The number of hydrogen-bond acceptors (Lipinski definition) is 5. The van der Waals surface area contributed by atoms with Crippen molar-refractivity contribution in [2.24, 2.45) is 5.41 Å². The van der Waals surface area contributed by atoms with Crippen molar-refractivity contribution in [3.8, 4) is 0 Å². The topological polar surface area (TPSA) is 68.1 Å². The fourth-order valence-electron chi connectivity index (χ4n) is 2.13. The molecule has 1 saturated carbocycles. The zero-order valence-corrected chi connectivity index (χ0v) is 10.9. The van der Waals surface area contributed by atoms with Gasteiger partial charge in [-0.05, 0) is 42.4 Å². The number of thiazole rings is 1. The van der Waals surface area contributed by atoms with Crippen molar-refractivity contribution < 1.29 is 4.92 Å². The zero-order valence-electron chi connectivity index (χ0n) is 10.1. The standard InChI is InChI=1S/C11H17N3O2S/c1-11(2)5-3-8(4-6-11)13-10-12-7-9(17-10)14(15)16/h7-8H,3-6H2,1-2H3,(H,12,13). The molecule has 0 aromatic carbocycles. The average molecular weight is 255 g/mol. The molecule has 0 unspecified atom stereocenters. The minimum absolute atomic E-state index is 0.101. The largest absolute Gasteiger partial charge is 0.359 e. The van der Waals surface area contributed by atoms with Gasteiger partial charge in [0.2, 0.25) is 0 Å². The molecule has 0 atom stereocenters. The minimum atomic E-state index is -0.396. The predicted molar refractivity (Wildman–Crippen MR) is 68.4 cm³/mol. The molecule has 0 amide bonds. The summed E-state index contributed by atoms with van der Waals surface area (Å²) < 4.78 is 0. The van der Waals surface area contributed by atoms with E-state index < -0.39 is 4.92 Å². The van der Waals surface area contributed by atoms with Crippen LogP contribution < -0.4 is 5.32 Å². The molecule has 1 aromatic rings. The summed E-state index contributed by atoms with van der Waals surface area (Å²) in [5.74, 6) is 0. The van der Waals surface area contributed by atoms with Crippen LogP contribution in [-0.4, -0.2) is 15.9 Å². The highest BCUT2D eigenvalue weighted by atomic mass is 32.1. The van der Waals surface area contributed by atoms with E-state index >= 15 is 0 Å². The molecule has 0 bridgehead atoms. The summed E-state index contributed by atoms with van der Waals surface area (Å²) >= 11 is 1.11. The summed E-state index contributed by atoms with van der Waals surface area (Å²) in [6.45, 7) is 4.58. The van der Waals surface area contributed by atoms with Crippen molar-refractivity contribution in [2.75, 3.05) is 5.32 Å². The summed E-state index contributed by atoms with van der Waals surface area (Å²) in [4.78, 5) is 14.2. The summed E-state index contributed by atoms with van der Waals surface area (Å²) in [6.07, 6.45) is 5.93. The first kappa shape index (κ1) is 12.3. The maximum Gasteiger partial charge on any atom is 0.345 e. The van der Waals surface area contributed by atoms with E-state index in [-0.39, 0.29) is 5.00 Å². The van der Waals surface area contributed by atoms with E-state index in [1.54, 1.807) is 0 Å². The van der Waals surface area contributed by atoms with Crippen LogP contribution in [0.2, 0.25) is 0 Å². The predicted octanol–water partition coefficient (Wildman–Crippen LogP) is 3.43. The normalized spacial score (nSPS) is 20.1. The van der Waals surface area contributed by atoms with Gasteiger partial charge in [0, 0.05) is 6.04 Å². The second kappa shape index (κ2) is 4.60. The third kappa shape index (κ3) is 3.15. The fourth-order valence-corrected chi connectivity index (χ4v) is 2.84. The second-order valence-corrected chi connectivity index (χ2v) is 6.35. The van der Waals surface area contributed by atoms with Crippen LogP contribution in [0.3, 0.4) is 0 Å². The number of anilines is 1. The lowest BCUT2D eigenvalue weighted by molar-refractivity contribution is -0.380. The summed E-state index contributed by atoms with van der Waals surface area (Å²) in [5.41, 5.74) is 0.438. The van der Waals surface area contributed by atoms with Crippen molar-refractivity contribution in [3.05, 3.63) is 16.3 Å². The Hall–Kier alpha value is -1.17. The van der Waals surface area contributed by atoms with Crippen LogP contribution in [0.15, 0.2) is 6.20 Å². The number of rotatable bonds is 3. The van der Waals surface area contributed by atoms with E-state index in [1.165, 1.54) is 19.0 Å². The molecule has 1 fully saturated rings. The van der Waals surface area contributed by atoms with Gasteiger partial charge in [0.15, 0.2) is 5.13 Å². The molecule has 6 heteroatoms. The highest BCUT2D eigenvalue weighted by Crippen LogP contribution is 2.36. The Labute approximate surface area is 104 Å². The molecule has 94 valence electrons. The van der Waals surface area contributed by atoms with Crippen LogP contribution >= 0.6 is 11.3 Å². The zero-order chi connectivity index (χ0) is 12.5. The van der Waals surface area contributed by atoms with Crippen LogP contribution in [0.4, 0.5) is 10.1 Å². The molecule has 2 rings (SSSR count). The SMILES string of the molecule is CC1(C)CCC(Nc2ncc([N+](=O)[O-])s2)CC1. The molecule has 0 spiro atoms. The molecule has 0 radical (unpaired) electrons. The van der Waals surface area contributed by atoms with Crippen LogP contribution in [-0.2, 0) is 0 Å². The van der Waals surface area contributed by atoms with Crippen molar-refractivity contribution in [1.82, 2.24) is 4.98 Å². The van der Waals surface area contributed by atoms with E-state index in [0.717, 1.165) is 24.2 Å². The first-order chi connectivity index (χ1) is 7.96. The van der Waals surface area contributed by atoms with Gasteiger partial charge in [0.1, 0.15) is 6.20 Å². The van der Waals surface area contributed by atoms with Gasteiger partial charge in [-0.15, -0.1) is 0 Å². The molecular weight excluding hydrogens is 238 g/mol. The van der Waals surface area contributed by atoms with Gasteiger partial charge in [-0.1, -0.05) is 13.8 Å². The van der Waals surface area contributed by atoms with Gasteiger partial charge >= 0.3 is 5.00 Å². The summed E-state index contributed by atoms with van der Waals surface area (Å²) in [5, 5.41) is 14.6. The van der Waals surface area contributed by atoms with Crippen LogP contribution in [0.5, 0.6) is 0 Å². The first-order valence-electron chi connectivity index (χ1n) is 5.83. The van der Waals surface area contributed by atoms with Gasteiger partial charge in [-0.2, -0.15) is 0 Å².